The summed E-state index contributed by atoms with van der Waals surface area (Å²) in [6.07, 6.45) is 3.66. The zero-order chi connectivity index (χ0) is 51.1. The molecule has 0 atom stereocenters. The van der Waals surface area contributed by atoms with Crippen LogP contribution >= 0.6 is 0 Å². The van der Waals surface area contributed by atoms with Gasteiger partial charge in [0.15, 0.2) is 5.70 Å². The number of nitrogens with zero attached hydrogens (tertiary/aromatic N) is 3. The molecule has 2 aliphatic rings. The number of aromatic nitrogens is 2. The topological polar surface area (TPSA) is 122 Å². The number of halogens is 2. The first-order valence-electron chi connectivity index (χ1n) is 24.8. The van der Waals surface area contributed by atoms with Crippen LogP contribution in [0.25, 0.3) is 60.2 Å². The van der Waals surface area contributed by atoms with Gasteiger partial charge in [0, 0.05) is 51.7 Å². The van der Waals surface area contributed by atoms with Crippen LogP contribution in [0.15, 0.2) is 110 Å². The molecular formula is C58H56BF2N3O8. The van der Waals surface area contributed by atoms with Gasteiger partial charge < -0.3 is 36.2 Å². The van der Waals surface area contributed by atoms with Gasteiger partial charge in [-0.2, -0.15) is 0 Å². The maximum atomic E-state index is 17.2. The van der Waals surface area contributed by atoms with Crippen LogP contribution in [-0.2, 0) is 27.2 Å². The highest BCUT2D eigenvalue weighted by Crippen LogP contribution is 2.49. The second-order valence-corrected chi connectivity index (χ2v) is 19.0. The Kier molecular flexibility index (Phi) is 12.2. The summed E-state index contributed by atoms with van der Waals surface area (Å²) >= 11 is 0. The Hall–Kier alpha value is -7.61. The lowest BCUT2D eigenvalue weighted by Gasteiger charge is -2.34. The second kappa shape index (κ2) is 18.2. The number of aryl methyl sites for hydroxylation is 3. The zero-order valence-corrected chi connectivity index (χ0v) is 42.1. The minimum atomic E-state index is -4.61. The second-order valence-electron chi connectivity index (χ2n) is 19.0. The van der Waals surface area contributed by atoms with Gasteiger partial charge in [-0.05, 0) is 160 Å². The third-order valence-corrected chi connectivity index (χ3v) is 14.7. The van der Waals surface area contributed by atoms with Gasteiger partial charge in [-0.3, -0.25) is 14.2 Å². The lowest BCUT2D eigenvalue weighted by atomic mass is 9.81. The predicted octanol–water partition coefficient (Wildman–Crippen LogP) is 11.9. The molecule has 0 aliphatic carbocycles. The number of benzene rings is 5. The van der Waals surface area contributed by atoms with E-state index < -0.39 is 30.0 Å². The molecule has 3 aromatic heterocycles. The summed E-state index contributed by atoms with van der Waals surface area (Å²) < 4.78 is 61.1. The normalized spacial score (nSPS) is 14.4. The minimum Gasteiger partial charge on any atom is -0.494 e. The molecule has 2 aliphatic heterocycles. The lowest BCUT2D eigenvalue weighted by Crippen LogP contribution is -2.52. The number of allylic oxidation sites excluding steroid dienone is 1. The summed E-state index contributed by atoms with van der Waals surface area (Å²) in [4.78, 5) is 55.2. The third-order valence-electron chi connectivity index (χ3n) is 14.7. The third kappa shape index (κ3) is 7.39. The molecule has 0 N–H and O–H groups in total. The molecule has 0 amide bonds. The van der Waals surface area contributed by atoms with E-state index in [0.29, 0.717) is 72.9 Å². The Labute approximate surface area is 415 Å². The predicted molar refractivity (Wildman–Crippen MR) is 280 cm³/mol. The fourth-order valence-electron chi connectivity index (χ4n) is 11.5. The van der Waals surface area contributed by atoms with Gasteiger partial charge in [0.2, 0.25) is 0 Å². The summed E-state index contributed by atoms with van der Waals surface area (Å²) in [5.74, 6) is -0.899. The fraction of sp³-hybridized carbons (Fsp3) is 0.293. The summed E-state index contributed by atoms with van der Waals surface area (Å²) in [6, 6.07) is 25.7. The summed E-state index contributed by atoms with van der Waals surface area (Å²) in [7, 11) is 0. The summed E-state index contributed by atoms with van der Waals surface area (Å²) in [6.45, 7) is 11.3. The van der Waals surface area contributed by atoms with Gasteiger partial charge in [-0.25, -0.2) is 9.59 Å². The molecule has 10 rings (SSSR count). The number of unbranched alkanes of at least 4 members (excludes halogenated alkanes) is 1. The van der Waals surface area contributed by atoms with Crippen molar-refractivity contribution in [2.75, 3.05) is 19.8 Å². The van der Waals surface area contributed by atoms with E-state index >= 15 is 8.63 Å². The maximum Gasteiger partial charge on any atom is 0.737 e. The fourth-order valence-corrected chi connectivity index (χ4v) is 11.5. The van der Waals surface area contributed by atoms with Crippen LogP contribution in [0.3, 0.4) is 0 Å². The number of ether oxygens (including phenoxy) is 3. The van der Waals surface area contributed by atoms with E-state index in [4.69, 9.17) is 18.6 Å². The highest BCUT2D eigenvalue weighted by atomic mass is 19.2. The Bertz CT molecular complexity index is 3780. The number of fused-ring (bicyclic) bond motifs is 4. The van der Waals surface area contributed by atoms with Gasteiger partial charge in [-0.15, -0.1) is 0 Å². The lowest BCUT2D eigenvalue weighted by molar-refractivity contribution is -0.363. The summed E-state index contributed by atoms with van der Waals surface area (Å²) in [5, 5.41) is 3.96. The van der Waals surface area contributed by atoms with Gasteiger partial charge in [0.1, 0.15) is 28.2 Å². The number of hydrogen-bond donors (Lipinski definition) is 0. The van der Waals surface area contributed by atoms with Crippen molar-refractivity contribution in [1.82, 2.24) is 9.05 Å². The van der Waals surface area contributed by atoms with Crippen LogP contribution in [0.1, 0.15) is 103 Å². The van der Waals surface area contributed by atoms with E-state index in [1.54, 1.807) is 39.8 Å². The maximum absolute atomic E-state index is 17.2. The highest BCUT2D eigenvalue weighted by molar-refractivity contribution is 6.59. The van der Waals surface area contributed by atoms with Crippen LogP contribution < -0.4 is 15.9 Å². The molecule has 5 aromatic carbocycles. The van der Waals surface area contributed by atoms with Crippen molar-refractivity contribution in [2.24, 2.45) is 0 Å². The molecule has 0 spiro atoms. The number of pyridine rings is 1. The van der Waals surface area contributed by atoms with Gasteiger partial charge >= 0.3 is 18.9 Å². The average Bonchev–Trinajstić information content (AvgIpc) is 3.79. The number of carbonyl (C=O) groups excluding carboxylic acids is 2. The molecule has 0 radical (unpaired) electrons. The molecule has 368 valence electrons. The SMILES string of the molecule is CCCCc1ccc(-c2ccc3oc4ccc5c(=O)n(CCCOc6cc(C)c(C7=C8C(C)=C(C(=O)OCC)C(C)=[N+]8[B-](F)(F)n8c(C)c(C(=O)OCC)c(C)c87)c(C)c6)c(=O)c6ccc(c3c2)c4c56)cc1. The smallest absolute Gasteiger partial charge is 0.494 e. The number of rotatable bonds is 14. The van der Waals surface area contributed by atoms with Crippen molar-refractivity contribution in [3.8, 4) is 16.9 Å². The van der Waals surface area contributed by atoms with Crippen molar-refractivity contribution in [3.63, 3.8) is 0 Å². The largest absolute Gasteiger partial charge is 0.737 e. The van der Waals surface area contributed by atoms with Crippen molar-refractivity contribution in [2.45, 2.75) is 94.5 Å². The zero-order valence-electron chi connectivity index (χ0n) is 42.1. The average molecular weight is 972 g/mol. The van der Waals surface area contributed by atoms with E-state index in [9.17, 15) is 19.2 Å². The van der Waals surface area contributed by atoms with Gasteiger partial charge in [-0.1, -0.05) is 49.7 Å². The Morgan fingerprint density at radius 3 is 2.00 bits per heavy atom. The Balaban J connectivity index is 0.965. The van der Waals surface area contributed by atoms with Crippen molar-refractivity contribution < 1.29 is 41.3 Å². The molecule has 0 unspecified atom stereocenters. The van der Waals surface area contributed by atoms with Crippen molar-refractivity contribution >= 4 is 73.7 Å². The molecule has 72 heavy (non-hydrogen) atoms. The van der Waals surface area contributed by atoms with E-state index in [0.717, 1.165) is 55.5 Å². The number of esters is 2. The van der Waals surface area contributed by atoms with Crippen LogP contribution in [0.4, 0.5) is 8.63 Å². The molecule has 0 saturated carbocycles. The molecule has 0 saturated heterocycles. The Morgan fingerprint density at radius 1 is 0.708 bits per heavy atom. The first-order chi connectivity index (χ1) is 34.5. The van der Waals surface area contributed by atoms with Crippen LogP contribution in [-0.4, -0.2) is 58.0 Å². The molecule has 11 nitrogen and oxygen atoms in total. The monoisotopic (exact) mass is 971 g/mol. The first kappa shape index (κ1) is 48.0. The van der Waals surface area contributed by atoms with Crippen LogP contribution in [0.2, 0.25) is 0 Å². The molecule has 0 bridgehead atoms. The van der Waals surface area contributed by atoms with Crippen molar-refractivity contribution in [1.29, 1.82) is 0 Å². The van der Waals surface area contributed by atoms with Gasteiger partial charge in [0.25, 0.3) is 11.1 Å². The van der Waals surface area contributed by atoms with Crippen LogP contribution in [0, 0.1) is 27.7 Å². The molecule has 5 heterocycles. The number of hydrogen-bond acceptors (Lipinski definition) is 8. The van der Waals surface area contributed by atoms with Crippen LogP contribution in [0.5, 0.6) is 5.75 Å². The molecule has 8 aromatic rings. The molecule has 14 heteroatoms. The van der Waals surface area contributed by atoms with Gasteiger partial charge in [0.05, 0.1) is 31.0 Å². The minimum absolute atomic E-state index is 0.0515. The quantitative estimate of drug-likeness (QED) is 0.0347. The summed E-state index contributed by atoms with van der Waals surface area (Å²) in [5.41, 5.74) is 7.62. The molecule has 0 fully saturated rings. The molecular weight excluding hydrogens is 915 g/mol. The Morgan fingerprint density at radius 2 is 1.33 bits per heavy atom. The standard InChI is InChI=1S/C58H56BF2N3O8/c1-10-13-15-37-16-18-38(19-17-37)39-20-24-45-44(30-39)41-21-22-42-50-43(23-25-46(72-45)51(41)50)56(66)62(55(42)65)26-14-27-71-40-28-31(4)47(32(5)29-40)52-53-33(6)48(57(67)69-11-2)35(8)63(53)59(60,61)64-36(9)49(34(7)54(52)64)58(68)70-12-3/h16-25,28-30H,10-15,26-27H2,1-9H3. The van der Waals surface area contributed by atoms with E-state index in [-0.39, 0.29) is 60.3 Å². The highest BCUT2D eigenvalue weighted by Gasteiger charge is 2.58. The van der Waals surface area contributed by atoms with Crippen molar-refractivity contribution in [3.05, 3.63) is 161 Å². The number of carbonyl (C=O) groups is 2. The van der Waals surface area contributed by atoms with E-state index in [2.05, 4.69) is 43.3 Å². The first-order valence-corrected chi connectivity index (χ1v) is 24.8. The van der Waals surface area contributed by atoms with E-state index in [1.165, 1.54) is 24.0 Å². The van der Waals surface area contributed by atoms with E-state index in [1.807, 2.05) is 44.2 Å².